The van der Waals surface area contributed by atoms with E-state index in [4.69, 9.17) is 15.2 Å². The highest BCUT2D eigenvalue weighted by Crippen LogP contribution is 2.40. The Balaban J connectivity index is 2.02. The fourth-order valence-electron chi connectivity index (χ4n) is 2.91. The van der Waals surface area contributed by atoms with Gasteiger partial charge in [-0.05, 0) is 24.3 Å². The third-order valence-electron chi connectivity index (χ3n) is 4.35. The molecule has 0 spiro atoms. The second kappa shape index (κ2) is 10.7. The zero-order chi connectivity index (χ0) is 28.3. The summed E-state index contributed by atoms with van der Waals surface area (Å²) in [5.41, 5.74) is 3.93. The third-order valence-corrected chi connectivity index (χ3v) is 4.35. The quantitative estimate of drug-likeness (QED) is 0.372. The summed E-state index contributed by atoms with van der Waals surface area (Å²) in [4.78, 5) is 27.6. The first-order valence-corrected chi connectivity index (χ1v) is 9.93. The van der Waals surface area contributed by atoms with E-state index in [0.717, 1.165) is 37.6 Å². The number of methoxy groups -OCH3 is 1. The van der Waals surface area contributed by atoms with E-state index in [2.05, 4.69) is 19.8 Å². The summed E-state index contributed by atoms with van der Waals surface area (Å²) in [5.74, 6) is -7.12. The van der Waals surface area contributed by atoms with E-state index in [1.807, 2.05) is 0 Å². The number of benzene rings is 2. The van der Waals surface area contributed by atoms with E-state index in [9.17, 15) is 40.3 Å². The number of carbonyl (C=O) groups is 2. The van der Waals surface area contributed by atoms with E-state index in [1.54, 1.807) is 0 Å². The van der Waals surface area contributed by atoms with Crippen LogP contribution in [0.25, 0.3) is 0 Å². The topological polar surface area (TPSA) is 122 Å². The van der Waals surface area contributed by atoms with Crippen LogP contribution in [-0.4, -0.2) is 36.6 Å². The lowest BCUT2D eigenvalue weighted by Crippen LogP contribution is -2.19. The van der Waals surface area contributed by atoms with E-state index < -0.39 is 64.7 Å². The fourth-order valence-corrected chi connectivity index (χ4v) is 2.91. The maximum Gasteiger partial charge on any atom is 0.573 e. The largest absolute Gasteiger partial charge is 0.573 e. The molecule has 0 radical (unpaired) electrons. The van der Waals surface area contributed by atoms with E-state index in [-0.39, 0.29) is 17.4 Å². The predicted molar refractivity (Wildman–Crippen MR) is 114 cm³/mol. The molecule has 0 aliphatic heterocycles. The van der Waals surface area contributed by atoms with Crippen LogP contribution in [0.3, 0.4) is 0 Å². The molecule has 0 aliphatic rings. The summed E-state index contributed by atoms with van der Waals surface area (Å²) in [7, 11) is 1.03. The number of anilines is 1. The van der Waals surface area contributed by atoms with Gasteiger partial charge in [0.15, 0.2) is 11.5 Å². The Morgan fingerprint density at radius 1 is 0.868 bits per heavy atom. The molecule has 9 nitrogen and oxygen atoms in total. The van der Waals surface area contributed by atoms with Crippen molar-refractivity contribution in [2.75, 3.05) is 12.4 Å². The summed E-state index contributed by atoms with van der Waals surface area (Å²) in [5, 5.41) is 2.21. The first-order valence-electron chi connectivity index (χ1n) is 9.93. The number of hydrogen-bond donors (Lipinski definition) is 2. The number of aromatic nitrogens is 1. The minimum absolute atomic E-state index is 0.0628. The SMILES string of the molecule is COc1cc(OC(F)(F)F)ccc1Oc1cc(OC(F)(F)F)cc(F)c1C(=O)Nc1ccc(C(N)=O)nc1. The minimum atomic E-state index is -5.24. The zero-order valence-corrected chi connectivity index (χ0v) is 18.7. The Labute approximate surface area is 207 Å². The van der Waals surface area contributed by atoms with Gasteiger partial charge >= 0.3 is 12.7 Å². The summed E-state index contributed by atoms with van der Waals surface area (Å²) >= 11 is 0. The molecule has 0 fully saturated rings. The number of primary amides is 1. The highest BCUT2D eigenvalue weighted by atomic mass is 19.4. The van der Waals surface area contributed by atoms with Crippen LogP contribution in [0.1, 0.15) is 20.8 Å². The number of nitrogens with one attached hydrogen (secondary N) is 1. The van der Waals surface area contributed by atoms with Gasteiger partial charge in [0.2, 0.25) is 0 Å². The van der Waals surface area contributed by atoms with Crippen LogP contribution in [0.15, 0.2) is 48.7 Å². The number of halogens is 7. The van der Waals surface area contributed by atoms with Gasteiger partial charge in [0, 0.05) is 18.2 Å². The molecule has 3 aromatic rings. The molecule has 0 saturated heterocycles. The van der Waals surface area contributed by atoms with Gasteiger partial charge in [0.05, 0.1) is 19.0 Å². The first-order chi connectivity index (χ1) is 17.6. The van der Waals surface area contributed by atoms with Crippen molar-refractivity contribution in [1.29, 1.82) is 0 Å². The molecule has 0 unspecified atom stereocenters. The monoisotopic (exact) mass is 549 g/mol. The van der Waals surface area contributed by atoms with Gasteiger partial charge in [-0.1, -0.05) is 0 Å². The molecule has 2 amide bonds. The number of amides is 2. The van der Waals surface area contributed by atoms with Crippen molar-refractivity contribution < 1.29 is 59.3 Å². The molecule has 0 aliphatic carbocycles. The highest BCUT2D eigenvalue weighted by molar-refractivity contribution is 6.06. The number of ether oxygens (including phenoxy) is 4. The van der Waals surface area contributed by atoms with Crippen LogP contribution in [-0.2, 0) is 0 Å². The van der Waals surface area contributed by atoms with Gasteiger partial charge in [-0.15, -0.1) is 26.3 Å². The fraction of sp³-hybridized carbons (Fsp3) is 0.136. The molecule has 2 aromatic carbocycles. The van der Waals surface area contributed by atoms with Crippen LogP contribution >= 0.6 is 0 Å². The van der Waals surface area contributed by atoms with Crippen molar-refractivity contribution in [2.24, 2.45) is 5.73 Å². The Bertz CT molecular complexity index is 1340. The molecule has 202 valence electrons. The molecule has 0 saturated carbocycles. The number of alkyl halides is 6. The highest BCUT2D eigenvalue weighted by Gasteiger charge is 2.33. The maximum atomic E-state index is 14.9. The van der Waals surface area contributed by atoms with Crippen molar-refractivity contribution in [3.63, 3.8) is 0 Å². The number of rotatable bonds is 8. The van der Waals surface area contributed by atoms with Crippen LogP contribution in [0, 0.1) is 5.82 Å². The van der Waals surface area contributed by atoms with Crippen molar-refractivity contribution in [3.05, 3.63) is 65.7 Å². The zero-order valence-electron chi connectivity index (χ0n) is 18.7. The summed E-state index contributed by atoms with van der Waals surface area (Å²) in [6.07, 6.45) is -9.29. The van der Waals surface area contributed by atoms with Gasteiger partial charge in [-0.2, -0.15) is 0 Å². The van der Waals surface area contributed by atoms with Crippen LogP contribution in [0.2, 0.25) is 0 Å². The molecule has 1 aromatic heterocycles. The normalized spacial score (nSPS) is 11.5. The van der Waals surface area contributed by atoms with Gasteiger partial charge in [-0.3, -0.25) is 9.59 Å². The standard InChI is InChI=1S/C22H14F7N3O6/c1-35-16-7-11(37-21(24,25)26)3-5-15(16)36-17-8-12(38-22(27,28)29)6-13(23)18(17)20(34)32-10-2-4-14(19(30)33)31-9-10/h2-9H,1H3,(H2,30,33)(H,32,34). The van der Waals surface area contributed by atoms with Crippen molar-refractivity contribution in [2.45, 2.75) is 12.7 Å². The number of nitrogens with zero attached hydrogens (tertiary/aromatic N) is 1. The summed E-state index contributed by atoms with van der Waals surface area (Å²) < 4.78 is 108. The molecule has 16 heteroatoms. The van der Waals surface area contributed by atoms with Crippen LogP contribution in [0.4, 0.5) is 36.4 Å². The van der Waals surface area contributed by atoms with E-state index in [1.165, 1.54) is 6.07 Å². The van der Waals surface area contributed by atoms with Crippen molar-refractivity contribution in [1.82, 2.24) is 4.98 Å². The lowest BCUT2D eigenvalue weighted by atomic mass is 10.1. The van der Waals surface area contributed by atoms with Crippen LogP contribution in [0.5, 0.6) is 28.7 Å². The molecule has 38 heavy (non-hydrogen) atoms. The lowest BCUT2D eigenvalue weighted by molar-refractivity contribution is -0.275. The second-order valence-corrected chi connectivity index (χ2v) is 7.04. The Morgan fingerprint density at radius 3 is 2.05 bits per heavy atom. The van der Waals surface area contributed by atoms with Gasteiger partial charge in [0.25, 0.3) is 11.8 Å². The number of pyridine rings is 1. The van der Waals surface area contributed by atoms with Crippen molar-refractivity contribution >= 4 is 17.5 Å². The molecule has 3 rings (SSSR count). The molecular weight excluding hydrogens is 535 g/mol. The van der Waals surface area contributed by atoms with Crippen LogP contribution < -0.4 is 30.0 Å². The number of carbonyl (C=O) groups excluding carboxylic acids is 2. The predicted octanol–water partition coefficient (Wildman–Crippen LogP) is 5.17. The average molecular weight is 549 g/mol. The van der Waals surface area contributed by atoms with Gasteiger partial charge in [0.1, 0.15) is 34.3 Å². The summed E-state index contributed by atoms with van der Waals surface area (Å²) in [6, 6.07) is 5.52. The Morgan fingerprint density at radius 2 is 1.50 bits per heavy atom. The summed E-state index contributed by atoms with van der Waals surface area (Å²) in [6.45, 7) is 0. The second-order valence-electron chi connectivity index (χ2n) is 7.04. The van der Waals surface area contributed by atoms with Gasteiger partial charge < -0.3 is 30.0 Å². The Kier molecular flexibility index (Phi) is 7.83. The smallest absolute Gasteiger partial charge is 0.493 e. The number of hydrogen-bond acceptors (Lipinski definition) is 7. The average Bonchev–Trinajstić information content (AvgIpc) is 2.78. The van der Waals surface area contributed by atoms with Crippen molar-refractivity contribution in [3.8, 4) is 28.7 Å². The maximum absolute atomic E-state index is 14.9. The van der Waals surface area contributed by atoms with E-state index in [0.29, 0.717) is 6.07 Å². The molecule has 0 atom stereocenters. The molecule has 3 N–H and O–H groups in total. The molecule has 0 bridgehead atoms. The third kappa shape index (κ3) is 7.37. The lowest BCUT2D eigenvalue weighted by Gasteiger charge is -2.17. The van der Waals surface area contributed by atoms with Gasteiger partial charge in [-0.25, -0.2) is 9.37 Å². The Hall–Kier alpha value is -4.76. The van der Waals surface area contributed by atoms with E-state index >= 15 is 0 Å². The molecule has 1 heterocycles. The number of nitrogens with two attached hydrogens (primary N) is 1. The molecular formula is C22H14F7N3O6. The first kappa shape index (κ1) is 27.8. The minimum Gasteiger partial charge on any atom is -0.493 e.